The van der Waals surface area contributed by atoms with Gasteiger partial charge in [-0.05, 0) is 96.4 Å². The van der Waals surface area contributed by atoms with Crippen LogP contribution < -0.4 is 16.0 Å². The quantitative estimate of drug-likeness (QED) is 0.243. The zero-order valence-electron chi connectivity index (χ0n) is 28.9. The van der Waals surface area contributed by atoms with Crippen molar-refractivity contribution in [3.63, 3.8) is 0 Å². The summed E-state index contributed by atoms with van der Waals surface area (Å²) in [6.45, 7) is 4.39. The van der Waals surface area contributed by atoms with Gasteiger partial charge in [0.2, 0.25) is 5.88 Å². The van der Waals surface area contributed by atoms with Gasteiger partial charge in [-0.3, -0.25) is 9.69 Å². The van der Waals surface area contributed by atoms with Crippen molar-refractivity contribution in [3.8, 4) is 29.3 Å². The molecule has 0 aromatic carbocycles. The minimum Gasteiger partial charge on any atom is -0.473 e. The molecule has 4 aliphatic rings. The summed E-state index contributed by atoms with van der Waals surface area (Å²) >= 11 is 1.53. The van der Waals surface area contributed by atoms with Crippen LogP contribution in [0, 0.1) is 11.3 Å². The zero-order valence-corrected chi connectivity index (χ0v) is 29.7. The number of nitriles is 1. The molecule has 2 aliphatic carbocycles. The number of ether oxygens (including phenoxy) is 2. The SMILES string of the molecule is C[C@H](Oc1cc(-n2cc3ccn(C4CCOCC4)c(=O)c3n2)nc(-c2noc3c2CCC[C@@]32CCCc3sc(N)c(C#N)c32)n1)[C@@H]1CCCN1C. The van der Waals surface area contributed by atoms with Gasteiger partial charge in [-0.2, -0.15) is 15.3 Å². The van der Waals surface area contributed by atoms with Gasteiger partial charge in [0.1, 0.15) is 17.2 Å². The maximum atomic E-state index is 13.7. The van der Waals surface area contributed by atoms with Gasteiger partial charge in [0.05, 0.1) is 11.0 Å². The lowest BCUT2D eigenvalue weighted by Gasteiger charge is -2.39. The van der Waals surface area contributed by atoms with Gasteiger partial charge in [0, 0.05) is 59.6 Å². The number of hydrogen-bond donors (Lipinski definition) is 1. The van der Waals surface area contributed by atoms with Gasteiger partial charge in [-0.1, -0.05) is 5.16 Å². The van der Waals surface area contributed by atoms with Gasteiger partial charge in [0.15, 0.2) is 28.6 Å². The molecule has 7 heterocycles. The fraction of sp³-hybridized carbons (Fsp3) is 0.514. The summed E-state index contributed by atoms with van der Waals surface area (Å²) in [7, 11) is 2.13. The van der Waals surface area contributed by atoms with Crippen LogP contribution in [0.3, 0.4) is 0 Å². The van der Waals surface area contributed by atoms with Crippen molar-refractivity contribution in [3.05, 3.63) is 62.2 Å². The third-order valence-electron chi connectivity index (χ3n) is 11.6. The van der Waals surface area contributed by atoms with Crippen LogP contribution in [0.2, 0.25) is 0 Å². The average Bonchev–Trinajstić information content (AvgIpc) is 3.94. The van der Waals surface area contributed by atoms with E-state index in [0.29, 0.717) is 52.5 Å². The van der Waals surface area contributed by atoms with E-state index in [9.17, 15) is 10.1 Å². The molecule has 0 bridgehead atoms. The molecule has 1 spiro atoms. The molecular weight excluding hydrogens is 667 g/mol. The molecule has 2 fully saturated rings. The molecule has 0 radical (unpaired) electrons. The predicted molar refractivity (Wildman–Crippen MR) is 191 cm³/mol. The largest absolute Gasteiger partial charge is 0.473 e. The summed E-state index contributed by atoms with van der Waals surface area (Å²) in [4.78, 5) is 27.1. The molecule has 2 aliphatic heterocycles. The molecule has 14 heteroatoms. The highest BCUT2D eigenvalue weighted by molar-refractivity contribution is 7.16. The van der Waals surface area contributed by atoms with E-state index < -0.39 is 5.41 Å². The molecule has 13 nitrogen and oxygen atoms in total. The van der Waals surface area contributed by atoms with Gasteiger partial charge >= 0.3 is 0 Å². The van der Waals surface area contributed by atoms with Crippen molar-refractivity contribution >= 4 is 27.2 Å². The Labute approximate surface area is 299 Å². The van der Waals surface area contributed by atoms with Crippen molar-refractivity contribution in [1.82, 2.24) is 34.4 Å². The van der Waals surface area contributed by atoms with Gasteiger partial charge in [-0.15, -0.1) is 11.3 Å². The van der Waals surface area contributed by atoms with Crippen LogP contribution in [-0.4, -0.2) is 73.3 Å². The summed E-state index contributed by atoms with van der Waals surface area (Å²) in [5.74, 6) is 2.03. The third-order valence-corrected chi connectivity index (χ3v) is 12.7. The number of thiophene rings is 1. The Morgan fingerprint density at radius 2 is 1.98 bits per heavy atom. The van der Waals surface area contributed by atoms with E-state index in [0.717, 1.165) is 93.0 Å². The highest BCUT2D eigenvalue weighted by Crippen LogP contribution is 2.55. The number of hydrogen-bond acceptors (Lipinski definition) is 12. The molecular formula is C37H41N9O4S. The Bertz CT molecular complexity index is 2240. The fourth-order valence-corrected chi connectivity index (χ4v) is 10.3. The maximum Gasteiger partial charge on any atom is 0.279 e. The van der Waals surface area contributed by atoms with Crippen LogP contribution in [0.15, 0.2) is 33.8 Å². The molecule has 5 aromatic rings. The standard InChI is InChI=1S/C37H41N9O4S/c1-21(26-7-5-14-44(26)2)49-29-18-28(46-20-22-9-15-45(36(47)31(22)42-46)23-10-16-48-17-11-23)40-35(41-29)32-24-6-3-12-37(33(24)50-43-32)13-4-8-27-30(37)25(19-38)34(39)51-27/h9,15,18,20-21,23,26H,3-8,10-14,16-17,39H2,1-2H3/t21-,26-,37-/m0/s1. The Kier molecular flexibility index (Phi) is 7.97. The van der Waals surface area contributed by atoms with Gasteiger partial charge in [0.25, 0.3) is 5.56 Å². The normalized spacial score (nSPS) is 23.0. The number of likely N-dealkylation sites (tertiary alicyclic amines) is 1. The first-order valence-electron chi connectivity index (χ1n) is 18.1. The highest BCUT2D eigenvalue weighted by atomic mass is 32.1. The smallest absolute Gasteiger partial charge is 0.279 e. The maximum absolute atomic E-state index is 13.7. The second-order valence-electron chi connectivity index (χ2n) is 14.5. The summed E-state index contributed by atoms with van der Waals surface area (Å²) in [5, 5.41) is 20.9. The van der Waals surface area contributed by atoms with Crippen LogP contribution in [-0.2, 0) is 23.0 Å². The molecule has 0 amide bonds. The molecule has 3 atom stereocenters. The van der Waals surface area contributed by atoms with E-state index in [4.69, 9.17) is 34.8 Å². The van der Waals surface area contributed by atoms with E-state index in [-0.39, 0.29) is 23.7 Å². The molecule has 0 unspecified atom stereocenters. The fourth-order valence-electron chi connectivity index (χ4n) is 9.11. The van der Waals surface area contributed by atoms with Crippen LogP contribution in [0.5, 0.6) is 5.88 Å². The second-order valence-corrected chi connectivity index (χ2v) is 15.7. The third kappa shape index (κ3) is 5.27. The number of aromatic nitrogens is 6. The Balaban J connectivity index is 1.15. The van der Waals surface area contributed by atoms with Crippen molar-refractivity contribution in [2.24, 2.45) is 0 Å². The number of aryl methyl sites for hydroxylation is 1. The van der Waals surface area contributed by atoms with E-state index in [2.05, 4.69) is 30.1 Å². The second kappa shape index (κ2) is 12.6. The zero-order chi connectivity index (χ0) is 34.9. The van der Waals surface area contributed by atoms with Crippen molar-refractivity contribution < 1.29 is 14.0 Å². The van der Waals surface area contributed by atoms with E-state index in [1.165, 1.54) is 16.2 Å². The van der Waals surface area contributed by atoms with Crippen LogP contribution >= 0.6 is 11.3 Å². The van der Waals surface area contributed by atoms with Crippen LogP contribution in [0.1, 0.15) is 91.7 Å². The first-order chi connectivity index (χ1) is 24.8. The Morgan fingerprint density at radius 1 is 1.16 bits per heavy atom. The highest BCUT2D eigenvalue weighted by Gasteiger charge is 2.49. The number of rotatable bonds is 6. The lowest BCUT2D eigenvalue weighted by molar-refractivity contribution is 0.0688. The molecule has 2 N–H and O–H groups in total. The number of likely N-dealkylation sites (N-methyl/N-ethyl adjacent to an activating group) is 1. The van der Waals surface area contributed by atoms with Crippen LogP contribution in [0.4, 0.5) is 5.00 Å². The van der Waals surface area contributed by atoms with Gasteiger partial charge in [-0.25, -0.2) is 9.67 Å². The summed E-state index contributed by atoms with van der Waals surface area (Å²) in [6, 6.07) is 6.46. The van der Waals surface area contributed by atoms with Crippen LogP contribution in [0.25, 0.3) is 28.2 Å². The number of pyridine rings is 1. The molecule has 264 valence electrons. The molecule has 5 aromatic heterocycles. The minimum atomic E-state index is -0.464. The number of nitrogens with two attached hydrogens (primary N) is 1. The number of anilines is 1. The Hall–Kier alpha value is -4.58. The average molecular weight is 708 g/mol. The van der Waals surface area contributed by atoms with Crippen molar-refractivity contribution in [2.75, 3.05) is 32.5 Å². The minimum absolute atomic E-state index is 0.0818. The summed E-state index contributed by atoms with van der Waals surface area (Å²) in [5.41, 5.74) is 9.28. The molecule has 51 heavy (non-hydrogen) atoms. The van der Waals surface area contributed by atoms with Crippen molar-refractivity contribution in [2.45, 2.75) is 94.7 Å². The number of nitrogens with zero attached hydrogens (tertiary/aromatic N) is 8. The summed E-state index contributed by atoms with van der Waals surface area (Å²) < 4.78 is 21.8. The van der Waals surface area contributed by atoms with Crippen molar-refractivity contribution in [1.29, 1.82) is 5.26 Å². The number of nitrogen functional groups attached to an aromatic ring is 1. The van der Waals surface area contributed by atoms with E-state index >= 15 is 0 Å². The molecule has 2 saturated heterocycles. The summed E-state index contributed by atoms with van der Waals surface area (Å²) in [6.07, 6.45) is 12.6. The van der Waals surface area contributed by atoms with E-state index in [1.54, 1.807) is 15.3 Å². The lowest BCUT2D eigenvalue weighted by Crippen LogP contribution is -2.38. The van der Waals surface area contributed by atoms with E-state index in [1.807, 2.05) is 18.5 Å². The molecule has 9 rings (SSSR count). The predicted octanol–water partition coefficient (Wildman–Crippen LogP) is 5.32. The first-order valence-corrected chi connectivity index (χ1v) is 18.9. The van der Waals surface area contributed by atoms with Gasteiger partial charge < -0.3 is 24.3 Å². The topological polar surface area (TPSA) is 163 Å². The first kappa shape index (κ1) is 32.3. The Morgan fingerprint density at radius 3 is 2.76 bits per heavy atom. The lowest BCUT2D eigenvalue weighted by atomic mass is 9.63. The number of fused-ring (bicyclic) bond motifs is 5. The molecule has 0 saturated carbocycles. The monoisotopic (exact) mass is 707 g/mol.